The fourth-order valence-corrected chi connectivity index (χ4v) is 3.09. The Balaban J connectivity index is 1.52. The van der Waals surface area contributed by atoms with Gasteiger partial charge in [-0.15, -0.1) is 0 Å². The molecule has 1 aliphatic carbocycles. The van der Waals surface area contributed by atoms with Gasteiger partial charge in [-0.05, 0) is 44.4 Å². The Morgan fingerprint density at radius 1 is 1.21 bits per heavy atom. The van der Waals surface area contributed by atoms with Crippen molar-refractivity contribution in [3.05, 3.63) is 23.3 Å². The molecule has 0 spiro atoms. The van der Waals surface area contributed by atoms with Crippen LogP contribution in [0.25, 0.3) is 0 Å². The van der Waals surface area contributed by atoms with Crippen molar-refractivity contribution in [2.45, 2.75) is 39.2 Å². The molecular weight excluding hydrogens is 306 g/mol. The third-order valence-corrected chi connectivity index (χ3v) is 4.96. The lowest BCUT2D eigenvalue weighted by Crippen LogP contribution is -2.62. The van der Waals surface area contributed by atoms with Crippen LogP contribution in [0.3, 0.4) is 0 Å². The SMILES string of the molecule is COc1cc(C)cc(NC(=O)N2CC(NC(=O)C3CCC3)C2)c1C. The third-order valence-electron chi connectivity index (χ3n) is 4.96. The fourth-order valence-electron chi connectivity index (χ4n) is 3.09. The number of carbonyl (C=O) groups is 2. The van der Waals surface area contributed by atoms with Crippen molar-refractivity contribution in [3.8, 4) is 5.75 Å². The summed E-state index contributed by atoms with van der Waals surface area (Å²) in [6.45, 7) is 5.01. The van der Waals surface area contributed by atoms with Gasteiger partial charge in [0, 0.05) is 30.3 Å². The average Bonchev–Trinajstić information content (AvgIpc) is 2.43. The van der Waals surface area contributed by atoms with Crippen LogP contribution >= 0.6 is 0 Å². The van der Waals surface area contributed by atoms with Gasteiger partial charge < -0.3 is 20.3 Å². The zero-order valence-electron chi connectivity index (χ0n) is 14.5. The largest absolute Gasteiger partial charge is 0.496 e. The second-order valence-electron chi connectivity index (χ2n) is 6.81. The summed E-state index contributed by atoms with van der Waals surface area (Å²) in [4.78, 5) is 26.0. The van der Waals surface area contributed by atoms with Crippen molar-refractivity contribution in [1.82, 2.24) is 10.2 Å². The highest BCUT2D eigenvalue weighted by molar-refractivity contribution is 5.91. The normalized spacial score (nSPS) is 17.7. The number of nitrogens with one attached hydrogen (secondary N) is 2. The van der Waals surface area contributed by atoms with Crippen molar-refractivity contribution in [2.24, 2.45) is 5.92 Å². The van der Waals surface area contributed by atoms with Gasteiger partial charge in [-0.1, -0.05) is 6.42 Å². The molecule has 2 N–H and O–H groups in total. The molecule has 0 radical (unpaired) electrons. The Morgan fingerprint density at radius 2 is 1.92 bits per heavy atom. The maximum Gasteiger partial charge on any atom is 0.321 e. The molecule has 1 saturated heterocycles. The summed E-state index contributed by atoms with van der Waals surface area (Å²) in [6, 6.07) is 3.82. The third kappa shape index (κ3) is 3.32. The number of amides is 3. The number of ether oxygens (including phenoxy) is 1. The van der Waals surface area contributed by atoms with Crippen molar-refractivity contribution in [2.75, 3.05) is 25.5 Å². The molecule has 2 aliphatic rings. The highest BCUT2D eigenvalue weighted by atomic mass is 16.5. The molecule has 2 fully saturated rings. The van der Waals surface area contributed by atoms with Crippen LogP contribution < -0.4 is 15.4 Å². The van der Waals surface area contributed by atoms with Gasteiger partial charge in [0.2, 0.25) is 5.91 Å². The van der Waals surface area contributed by atoms with E-state index in [1.165, 1.54) is 0 Å². The van der Waals surface area contributed by atoms with E-state index < -0.39 is 0 Å². The van der Waals surface area contributed by atoms with Crippen LogP contribution in [0.15, 0.2) is 12.1 Å². The van der Waals surface area contributed by atoms with Crippen molar-refractivity contribution < 1.29 is 14.3 Å². The number of nitrogens with zero attached hydrogens (tertiary/aromatic N) is 1. The van der Waals surface area contributed by atoms with Crippen molar-refractivity contribution >= 4 is 17.6 Å². The number of hydrogen-bond acceptors (Lipinski definition) is 3. The van der Waals surface area contributed by atoms with E-state index in [9.17, 15) is 9.59 Å². The summed E-state index contributed by atoms with van der Waals surface area (Å²) in [5.74, 6) is 1.10. The molecule has 1 aliphatic heterocycles. The Hall–Kier alpha value is -2.24. The molecule has 3 rings (SSSR count). The standard InChI is InChI=1S/C18H25N3O3/c1-11-7-15(12(2)16(8-11)24-3)20-18(23)21-9-14(10-21)19-17(22)13-5-4-6-13/h7-8,13-14H,4-6,9-10H2,1-3H3,(H,19,22)(H,20,23). The molecule has 1 saturated carbocycles. The Labute approximate surface area is 142 Å². The number of likely N-dealkylation sites (tertiary alicyclic amines) is 1. The van der Waals surface area contributed by atoms with E-state index in [1.54, 1.807) is 12.0 Å². The summed E-state index contributed by atoms with van der Waals surface area (Å²) in [5.41, 5.74) is 2.70. The first-order chi connectivity index (χ1) is 11.5. The number of rotatable bonds is 4. The molecule has 6 heteroatoms. The van der Waals surface area contributed by atoms with Crippen LogP contribution in [0.4, 0.5) is 10.5 Å². The molecule has 130 valence electrons. The minimum absolute atomic E-state index is 0.0805. The fraction of sp³-hybridized carbons (Fsp3) is 0.556. The van der Waals surface area contributed by atoms with E-state index in [1.807, 2.05) is 26.0 Å². The number of carbonyl (C=O) groups excluding carboxylic acids is 2. The Bertz CT molecular complexity index is 649. The summed E-state index contributed by atoms with van der Waals surface area (Å²) >= 11 is 0. The van der Waals surface area contributed by atoms with Crippen LogP contribution in [0.2, 0.25) is 0 Å². The quantitative estimate of drug-likeness (QED) is 0.890. The van der Waals surface area contributed by atoms with E-state index >= 15 is 0 Å². The van der Waals surface area contributed by atoms with E-state index in [-0.39, 0.29) is 23.9 Å². The number of anilines is 1. The minimum atomic E-state index is -0.139. The molecule has 1 aromatic carbocycles. The van der Waals surface area contributed by atoms with Crippen LogP contribution in [-0.4, -0.2) is 43.1 Å². The number of methoxy groups -OCH3 is 1. The van der Waals surface area contributed by atoms with Crippen molar-refractivity contribution in [3.63, 3.8) is 0 Å². The molecule has 24 heavy (non-hydrogen) atoms. The first-order valence-corrected chi connectivity index (χ1v) is 8.49. The van der Waals surface area contributed by atoms with E-state index in [0.29, 0.717) is 13.1 Å². The van der Waals surface area contributed by atoms with E-state index in [0.717, 1.165) is 41.8 Å². The predicted octanol–water partition coefficient (Wildman–Crippen LogP) is 2.44. The summed E-state index contributed by atoms with van der Waals surface area (Å²) in [5, 5.41) is 5.97. The van der Waals surface area contributed by atoms with Gasteiger partial charge in [0.05, 0.1) is 13.2 Å². The van der Waals surface area contributed by atoms with Gasteiger partial charge in [-0.2, -0.15) is 0 Å². The van der Waals surface area contributed by atoms with Crippen LogP contribution in [0.1, 0.15) is 30.4 Å². The van der Waals surface area contributed by atoms with Crippen LogP contribution in [-0.2, 0) is 4.79 Å². The minimum Gasteiger partial charge on any atom is -0.496 e. The summed E-state index contributed by atoms with van der Waals surface area (Å²) in [7, 11) is 1.62. The molecule has 1 heterocycles. The molecule has 0 unspecified atom stereocenters. The number of urea groups is 1. The lowest BCUT2D eigenvalue weighted by Gasteiger charge is -2.40. The highest BCUT2D eigenvalue weighted by Crippen LogP contribution is 2.29. The monoisotopic (exact) mass is 331 g/mol. The zero-order valence-corrected chi connectivity index (χ0v) is 14.5. The van der Waals surface area contributed by atoms with Gasteiger partial charge in [0.25, 0.3) is 0 Å². The zero-order chi connectivity index (χ0) is 17.3. The van der Waals surface area contributed by atoms with Gasteiger partial charge in [0.1, 0.15) is 5.75 Å². The number of aryl methyl sites for hydroxylation is 1. The average molecular weight is 331 g/mol. The maximum atomic E-state index is 12.4. The Kier molecular flexibility index (Phi) is 4.64. The second kappa shape index (κ2) is 6.71. The Morgan fingerprint density at radius 3 is 2.50 bits per heavy atom. The maximum absolute atomic E-state index is 12.4. The topological polar surface area (TPSA) is 70.7 Å². The van der Waals surface area contributed by atoms with Crippen LogP contribution in [0, 0.1) is 19.8 Å². The van der Waals surface area contributed by atoms with Gasteiger partial charge in [-0.3, -0.25) is 4.79 Å². The molecule has 0 aromatic heterocycles. The molecular formula is C18H25N3O3. The molecule has 0 atom stereocenters. The second-order valence-corrected chi connectivity index (χ2v) is 6.81. The van der Waals surface area contributed by atoms with Gasteiger partial charge in [0.15, 0.2) is 0 Å². The molecule has 0 bridgehead atoms. The predicted molar refractivity (Wildman–Crippen MR) is 92.3 cm³/mol. The first-order valence-electron chi connectivity index (χ1n) is 8.49. The van der Waals surface area contributed by atoms with Crippen LogP contribution in [0.5, 0.6) is 5.75 Å². The van der Waals surface area contributed by atoms with E-state index in [2.05, 4.69) is 10.6 Å². The highest BCUT2D eigenvalue weighted by Gasteiger charge is 2.34. The molecule has 1 aromatic rings. The first kappa shape index (κ1) is 16.6. The van der Waals surface area contributed by atoms with Gasteiger partial charge >= 0.3 is 6.03 Å². The number of benzene rings is 1. The molecule has 3 amide bonds. The van der Waals surface area contributed by atoms with Gasteiger partial charge in [-0.25, -0.2) is 4.79 Å². The summed E-state index contributed by atoms with van der Waals surface area (Å²) in [6.07, 6.45) is 3.14. The van der Waals surface area contributed by atoms with E-state index in [4.69, 9.17) is 4.74 Å². The van der Waals surface area contributed by atoms with Crippen molar-refractivity contribution in [1.29, 1.82) is 0 Å². The number of hydrogen-bond donors (Lipinski definition) is 2. The summed E-state index contributed by atoms with van der Waals surface area (Å²) < 4.78 is 5.34. The lowest BCUT2D eigenvalue weighted by molar-refractivity contribution is -0.129. The molecule has 6 nitrogen and oxygen atoms in total. The smallest absolute Gasteiger partial charge is 0.321 e. The lowest BCUT2D eigenvalue weighted by atomic mass is 9.84.